The maximum atomic E-state index is 12.4. The lowest BCUT2D eigenvalue weighted by Crippen LogP contribution is -2.39. The van der Waals surface area contributed by atoms with Crippen molar-refractivity contribution in [3.63, 3.8) is 0 Å². The SMILES string of the molecule is CC(C)(C)OC(=O)N1CCN=C1c1ccc(C(O)c2ccc(Cl)cc2Cl)cc1. The van der Waals surface area contributed by atoms with Gasteiger partial charge in [0, 0.05) is 21.2 Å². The Morgan fingerprint density at radius 1 is 1.18 bits per heavy atom. The number of hydrogen-bond acceptors (Lipinski definition) is 4. The van der Waals surface area contributed by atoms with Crippen molar-refractivity contribution in [2.75, 3.05) is 13.1 Å². The van der Waals surface area contributed by atoms with Crippen molar-refractivity contribution in [1.29, 1.82) is 0 Å². The summed E-state index contributed by atoms with van der Waals surface area (Å²) in [5, 5.41) is 11.6. The first kappa shape index (κ1) is 20.6. The number of carbonyl (C=O) groups excluding carboxylic acids is 1. The van der Waals surface area contributed by atoms with E-state index in [-0.39, 0.29) is 0 Å². The number of hydrogen-bond donors (Lipinski definition) is 1. The molecule has 1 atom stereocenters. The zero-order valence-electron chi connectivity index (χ0n) is 15.9. The molecule has 0 aliphatic carbocycles. The molecule has 5 nitrogen and oxygen atoms in total. The highest BCUT2D eigenvalue weighted by Gasteiger charge is 2.29. The third kappa shape index (κ3) is 4.66. The second kappa shape index (κ2) is 8.11. The topological polar surface area (TPSA) is 62.1 Å². The third-order valence-electron chi connectivity index (χ3n) is 4.20. The average molecular weight is 421 g/mol. The molecule has 1 N–H and O–H groups in total. The third-order valence-corrected chi connectivity index (χ3v) is 4.76. The van der Waals surface area contributed by atoms with Crippen LogP contribution in [0.5, 0.6) is 0 Å². The molecule has 0 fully saturated rings. The van der Waals surface area contributed by atoms with Crippen LogP contribution in [0.2, 0.25) is 10.0 Å². The molecule has 0 aromatic heterocycles. The molecule has 1 unspecified atom stereocenters. The number of aliphatic hydroxyl groups excluding tert-OH is 1. The molecule has 2 aromatic carbocycles. The van der Waals surface area contributed by atoms with E-state index in [1.54, 1.807) is 30.3 Å². The Bertz CT molecular complexity index is 905. The van der Waals surface area contributed by atoms with E-state index in [1.807, 2.05) is 32.9 Å². The summed E-state index contributed by atoms with van der Waals surface area (Å²) in [6.45, 7) is 6.50. The van der Waals surface area contributed by atoms with Gasteiger partial charge in [-0.3, -0.25) is 9.89 Å². The number of ether oxygens (including phenoxy) is 1. The van der Waals surface area contributed by atoms with Gasteiger partial charge in [0.15, 0.2) is 0 Å². The summed E-state index contributed by atoms with van der Waals surface area (Å²) >= 11 is 12.1. The second-order valence-corrected chi connectivity index (χ2v) is 8.37. The number of nitrogens with zero attached hydrogens (tertiary/aromatic N) is 2. The van der Waals surface area contributed by atoms with Crippen LogP contribution in [-0.4, -0.2) is 40.6 Å². The molecule has 7 heteroatoms. The molecule has 2 aromatic rings. The van der Waals surface area contributed by atoms with Gasteiger partial charge in [0.2, 0.25) is 0 Å². The summed E-state index contributed by atoms with van der Waals surface area (Å²) in [7, 11) is 0. The summed E-state index contributed by atoms with van der Waals surface area (Å²) < 4.78 is 5.46. The molecule has 28 heavy (non-hydrogen) atoms. The largest absolute Gasteiger partial charge is 0.443 e. The number of amides is 1. The van der Waals surface area contributed by atoms with Crippen molar-refractivity contribution in [3.05, 3.63) is 69.2 Å². The highest BCUT2D eigenvalue weighted by atomic mass is 35.5. The Labute approximate surface area is 174 Å². The minimum atomic E-state index is -0.883. The van der Waals surface area contributed by atoms with Gasteiger partial charge in [0.1, 0.15) is 17.5 Å². The van der Waals surface area contributed by atoms with Gasteiger partial charge < -0.3 is 9.84 Å². The number of rotatable bonds is 3. The van der Waals surface area contributed by atoms with Crippen LogP contribution in [-0.2, 0) is 4.74 Å². The summed E-state index contributed by atoms with van der Waals surface area (Å²) in [6.07, 6.45) is -1.30. The Kier molecular flexibility index (Phi) is 5.98. The number of amidine groups is 1. The van der Waals surface area contributed by atoms with Crippen LogP contribution in [0, 0.1) is 0 Å². The van der Waals surface area contributed by atoms with E-state index in [4.69, 9.17) is 27.9 Å². The molecule has 3 rings (SSSR count). The molecular formula is C21H22Cl2N2O3. The smallest absolute Gasteiger partial charge is 0.416 e. The summed E-state index contributed by atoms with van der Waals surface area (Å²) in [4.78, 5) is 18.4. The second-order valence-electron chi connectivity index (χ2n) is 7.53. The van der Waals surface area contributed by atoms with Crippen LogP contribution in [0.25, 0.3) is 0 Å². The fraction of sp³-hybridized carbons (Fsp3) is 0.333. The van der Waals surface area contributed by atoms with E-state index in [1.165, 1.54) is 4.90 Å². The fourth-order valence-corrected chi connectivity index (χ4v) is 3.42. The molecule has 0 radical (unpaired) electrons. The van der Waals surface area contributed by atoms with Crippen LogP contribution in [0.4, 0.5) is 4.79 Å². The zero-order chi connectivity index (χ0) is 20.5. The van der Waals surface area contributed by atoms with Gasteiger partial charge in [-0.1, -0.05) is 53.5 Å². The van der Waals surface area contributed by atoms with Crippen LogP contribution in [0.1, 0.15) is 43.6 Å². The molecule has 0 spiro atoms. The normalized spacial score (nSPS) is 15.4. The first-order valence-corrected chi connectivity index (χ1v) is 9.69. The molecule has 1 aliphatic heterocycles. The van der Waals surface area contributed by atoms with Crippen LogP contribution < -0.4 is 0 Å². The highest BCUT2D eigenvalue weighted by molar-refractivity contribution is 6.35. The lowest BCUT2D eigenvalue weighted by molar-refractivity contribution is 0.0384. The quantitative estimate of drug-likeness (QED) is 0.753. The number of aliphatic imine (C=N–C) groups is 1. The lowest BCUT2D eigenvalue weighted by Gasteiger charge is -2.25. The van der Waals surface area contributed by atoms with E-state index >= 15 is 0 Å². The average Bonchev–Trinajstić information content (AvgIpc) is 3.10. The van der Waals surface area contributed by atoms with Gasteiger partial charge in [0.05, 0.1) is 13.1 Å². The Morgan fingerprint density at radius 2 is 1.86 bits per heavy atom. The number of halogens is 2. The van der Waals surface area contributed by atoms with Gasteiger partial charge >= 0.3 is 6.09 Å². The minimum absolute atomic E-state index is 0.403. The predicted octanol–water partition coefficient (Wildman–Crippen LogP) is 5.07. The first-order chi connectivity index (χ1) is 13.2. The Hall–Kier alpha value is -2.08. The van der Waals surface area contributed by atoms with E-state index in [0.717, 1.165) is 5.56 Å². The number of carbonyl (C=O) groups is 1. The lowest BCUT2D eigenvalue weighted by atomic mass is 10.00. The van der Waals surface area contributed by atoms with Gasteiger partial charge in [-0.15, -0.1) is 0 Å². The standard InChI is InChI=1S/C21H22Cl2N2O3/c1-21(2,3)28-20(27)25-11-10-24-19(25)14-6-4-13(5-7-14)18(26)16-9-8-15(22)12-17(16)23/h4-9,12,18,26H,10-11H2,1-3H3. The summed E-state index contributed by atoms with van der Waals surface area (Å²) in [5.74, 6) is 0.569. The Morgan fingerprint density at radius 3 is 2.46 bits per heavy atom. The number of aliphatic hydroxyl groups is 1. The zero-order valence-corrected chi connectivity index (χ0v) is 17.5. The Balaban J connectivity index is 1.79. The van der Waals surface area contributed by atoms with Crippen molar-refractivity contribution < 1.29 is 14.6 Å². The maximum absolute atomic E-state index is 12.4. The van der Waals surface area contributed by atoms with Crippen LogP contribution in [0.3, 0.4) is 0 Å². The van der Waals surface area contributed by atoms with Gasteiger partial charge in [-0.05, 0) is 38.5 Å². The molecule has 1 heterocycles. The van der Waals surface area contributed by atoms with Gasteiger partial charge in [-0.2, -0.15) is 0 Å². The van der Waals surface area contributed by atoms with Crippen molar-refractivity contribution in [3.8, 4) is 0 Å². The number of benzene rings is 2. The van der Waals surface area contributed by atoms with E-state index < -0.39 is 17.8 Å². The van der Waals surface area contributed by atoms with E-state index in [0.29, 0.717) is 40.1 Å². The highest BCUT2D eigenvalue weighted by Crippen LogP contribution is 2.30. The van der Waals surface area contributed by atoms with Crippen LogP contribution >= 0.6 is 23.2 Å². The molecule has 148 valence electrons. The van der Waals surface area contributed by atoms with E-state index in [9.17, 15) is 9.90 Å². The van der Waals surface area contributed by atoms with E-state index in [2.05, 4.69) is 4.99 Å². The molecule has 1 amide bonds. The molecule has 0 bridgehead atoms. The van der Waals surface area contributed by atoms with Crippen LogP contribution in [0.15, 0.2) is 47.5 Å². The van der Waals surface area contributed by atoms with Crippen molar-refractivity contribution in [2.24, 2.45) is 4.99 Å². The van der Waals surface area contributed by atoms with Gasteiger partial charge in [-0.25, -0.2) is 4.79 Å². The molecule has 0 saturated carbocycles. The van der Waals surface area contributed by atoms with Crippen molar-refractivity contribution >= 4 is 35.1 Å². The monoisotopic (exact) mass is 420 g/mol. The minimum Gasteiger partial charge on any atom is -0.443 e. The molecule has 0 saturated heterocycles. The fourth-order valence-electron chi connectivity index (χ4n) is 2.91. The van der Waals surface area contributed by atoms with Crippen molar-refractivity contribution in [2.45, 2.75) is 32.5 Å². The summed E-state index contributed by atoms with van der Waals surface area (Å²) in [5.41, 5.74) is 1.46. The predicted molar refractivity (Wildman–Crippen MR) is 111 cm³/mol. The molecule has 1 aliphatic rings. The first-order valence-electron chi connectivity index (χ1n) is 8.94. The summed E-state index contributed by atoms with van der Waals surface area (Å²) in [6, 6.07) is 12.2. The molecular weight excluding hydrogens is 399 g/mol. The van der Waals surface area contributed by atoms with Gasteiger partial charge in [0.25, 0.3) is 0 Å². The van der Waals surface area contributed by atoms with Crippen molar-refractivity contribution in [1.82, 2.24) is 4.90 Å². The maximum Gasteiger partial charge on any atom is 0.416 e.